The van der Waals surface area contributed by atoms with Crippen molar-refractivity contribution in [1.29, 1.82) is 0 Å². The topological polar surface area (TPSA) is 102 Å². The second-order valence-corrected chi connectivity index (χ2v) is 9.64. The Morgan fingerprint density at radius 1 is 1.00 bits per heavy atom. The number of piperazine rings is 1. The van der Waals surface area contributed by atoms with Crippen molar-refractivity contribution in [1.82, 2.24) is 39.0 Å². The van der Waals surface area contributed by atoms with Crippen molar-refractivity contribution < 1.29 is 0 Å². The monoisotopic (exact) mass is 522 g/mol. The Kier molecular flexibility index (Phi) is 6.41. The molecule has 6 rings (SSSR count). The molecule has 1 fully saturated rings. The van der Waals surface area contributed by atoms with Crippen LogP contribution in [0, 0.1) is 6.92 Å². The Bertz CT molecular complexity index is 1690. The SMILES string of the molecule is C=CCn1c(=O)c2cnc(Nc3ccc(N4CCN(C)CC4)cc3)nc2n1-c1cccc(-n2ccc(C)n2)n1. The summed E-state index contributed by atoms with van der Waals surface area (Å²) in [4.78, 5) is 32.0. The van der Waals surface area contributed by atoms with Gasteiger partial charge in [-0.2, -0.15) is 10.1 Å². The van der Waals surface area contributed by atoms with Crippen LogP contribution in [0.5, 0.6) is 0 Å². The first kappa shape index (κ1) is 24.6. The largest absolute Gasteiger partial charge is 0.369 e. The van der Waals surface area contributed by atoms with E-state index in [1.807, 2.05) is 49.5 Å². The van der Waals surface area contributed by atoms with Gasteiger partial charge in [-0.3, -0.25) is 4.79 Å². The zero-order valence-corrected chi connectivity index (χ0v) is 22.0. The Morgan fingerprint density at radius 3 is 2.49 bits per heavy atom. The molecule has 0 saturated carbocycles. The second-order valence-electron chi connectivity index (χ2n) is 9.64. The molecule has 5 aromatic rings. The molecular formula is C28H30N10O. The molecule has 1 aliphatic rings. The standard InChI is InChI=1S/C28H30N10O/c1-4-13-37-27(39)23-19-29-28(30-21-8-10-22(11-9-21)35-17-15-34(3)16-18-35)32-26(23)38(37)25-7-5-6-24(31-25)36-14-12-20(2)33-36/h4-12,14,19H,1,13,15-18H2,2-3H3,(H,29,30,32). The summed E-state index contributed by atoms with van der Waals surface area (Å²) in [6, 6.07) is 15.8. The van der Waals surface area contributed by atoms with Crippen LogP contribution in [-0.4, -0.2) is 72.2 Å². The minimum absolute atomic E-state index is 0.213. The Morgan fingerprint density at radius 2 is 1.77 bits per heavy atom. The van der Waals surface area contributed by atoms with E-state index in [2.05, 4.69) is 51.0 Å². The number of likely N-dealkylation sites (N-methyl/N-ethyl adjacent to an activating group) is 1. The number of anilines is 3. The van der Waals surface area contributed by atoms with Crippen LogP contribution in [0.2, 0.25) is 0 Å². The number of aryl methyl sites for hydroxylation is 1. The zero-order valence-electron chi connectivity index (χ0n) is 22.0. The number of pyridine rings is 1. The van der Waals surface area contributed by atoms with Gasteiger partial charge in [0.15, 0.2) is 17.3 Å². The Labute approximate surface area is 225 Å². The molecule has 1 aliphatic heterocycles. The number of hydrogen-bond donors (Lipinski definition) is 1. The maximum Gasteiger partial charge on any atom is 0.278 e. The Hall–Kier alpha value is -4.77. The lowest BCUT2D eigenvalue weighted by Gasteiger charge is -2.34. The number of nitrogens with zero attached hydrogens (tertiary/aromatic N) is 9. The lowest BCUT2D eigenvalue weighted by Crippen LogP contribution is -2.44. The maximum absolute atomic E-state index is 13.3. The van der Waals surface area contributed by atoms with E-state index >= 15 is 0 Å². The lowest BCUT2D eigenvalue weighted by molar-refractivity contribution is 0.313. The third-order valence-corrected chi connectivity index (χ3v) is 6.86. The normalized spacial score (nSPS) is 14.2. The number of nitrogens with one attached hydrogen (secondary N) is 1. The van der Waals surface area contributed by atoms with Crippen LogP contribution in [0.15, 0.2) is 78.4 Å². The maximum atomic E-state index is 13.3. The van der Waals surface area contributed by atoms with Gasteiger partial charge >= 0.3 is 0 Å². The molecule has 0 spiro atoms. The summed E-state index contributed by atoms with van der Waals surface area (Å²) in [6.07, 6.45) is 5.08. The van der Waals surface area contributed by atoms with Crippen LogP contribution in [0.4, 0.5) is 17.3 Å². The highest BCUT2D eigenvalue weighted by molar-refractivity contribution is 5.77. The summed E-state index contributed by atoms with van der Waals surface area (Å²) in [5, 5.41) is 8.14. The molecule has 11 nitrogen and oxygen atoms in total. The van der Waals surface area contributed by atoms with Gasteiger partial charge in [0.1, 0.15) is 5.39 Å². The molecule has 0 bridgehead atoms. The van der Waals surface area contributed by atoms with Crippen molar-refractivity contribution in [3.8, 4) is 11.6 Å². The number of allylic oxidation sites excluding steroid dienone is 1. The molecule has 11 heteroatoms. The van der Waals surface area contributed by atoms with Crippen molar-refractivity contribution in [2.24, 2.45) is 0 Å². The third-order valence-electron chi connectivity index (χ3n) is 6.86. The highest BCUT2D eigenvalue weighted by Gasteiger charge is 2.19. The minimum Gasteiger partial charge on any atom is -0.369 e. The smallest absolute Gasteiger partial charge is 0.278 e. The molecule has 0 atom stereocenters. The summed E-state index contributed by atoms with van der Waals surface area (Å²) in [5.74, 6) is 1.56. The van der Waals surface area contributed by atoms with E-state index in [-0.39, 0.29) is 5.56 Å². The quantitative estimate of drug-likeness (QED) is 0.325. The number of benzene rings is 1. The van der Waals surface area contributed by atoms with E-state index in [4.69, 9.17) is 9.97 Å². The van der Waals surface area contributed by atoms with Gasteiger partial charge < -0.3 is 15.1 Å². The van der Waals surface area contributed by atoms with Gasteiger partial charge in [0.2, 0.25) is 5.95 Å². The fourth-order valence-corrected chi connectivity index (χ4v) is 4.76. The van der Waals surface area contributed by atoms with Gasteiger partial charge in [-0.05, 0) is 56.4 Å². The fraction of sp³-hybridized carbons (Fsp3) is 0.250. The number of fused-ring (bicyclic) bond motifs is 1. The number of aromatic nitrogens is 7. The van der Waals surface area contributed by atoms with Crippen LogP contribution in [0.3, 0.4) is 0 Å². The lowest BCUT2D eigenvalue weighted by atomic mass is 10.2. The van der Waals surface area contributed by atoms with E-state index in [1.165, 1.54) is 5.69 Å². The van der Waals surface area contributed by atoms with Crippen LogP contribution < -0.4 is 15.8 Å². The Balaban J connectivity index is 1.35. The van der Waals surface area contributed by atoms with Crippen molar-refractivity contribution in [3.63, 3.8) is 0 Å². The van der Waals surface area contributed by atoms with Crippen LogP contribution in [0.1, 0.15) is 5.69 Å². The van der Waals surface area contributed by atoms with E-state index in [0.717, 1.165) is 37.6 Å². The summed E-state index contributed by atoms with van der Waals surface area (Å²) >= 11 is 0. The molecule has 0 unspecified atom stereocenters. The van der Waals surface area contributed by atoms with Gasteiger partial charge in [-0.1, -0.05) is 12.1 Å². The van der Waals surface area contributed by atoms with Gasteiger partial charge in [-0.25, -0.2) is 24.0 Å². The van der Waals surface area contributed by atoms with Gasteiger partial charge in [0, 0.05) is 49.9 Å². The summed E-state index contributed by atoms with van der Waals surface area (Å²) in [6.45, 7) is 10.2. The summed E-state index contributed by atoms with van der Waals surface area (Å²) in [5.41, 5.74) is 3.18. The van der Waals surface area contributed by atoms with Crippen LogP contribution in [-0.2, 0) is 6.54 Å². The first-order valence-corrected chi connectivity index (χ1v) is 12.9. The highest BCUT2D eigenvalue weighted by atomic mass is 16.1. The average Bonchev–Trinajstić information content (AvgIpc) is 3.51. The van der Waals surface area contributed by atoms with Crippen molar-refractivity contribution in [3.05, 3.63) is 89.6 Å². The third kappa shape index (κ3) is 4.79. The molecule has 198 valence electrons. The van der Waals surface area contributed by atoms with E-state index < -0.39 is 0 Å². The molecule has 0 radical (unpaired) electrons. The molecule has 0 amide bonds. The fourth-order valence-electron chi connectivity index (χ4n) is 4.76. The second kappa shape index (κ2) is 10.2. The number of hydrogen-bond acceptors (Lipinski definition) is 8. The molecule has 5 heterocycles. The molecule has 39 heavy (non-hydrogen) atoms. The van der Waals surface area contributed by atoms with Crippen LogP contribution in [0.25, 0.3) is 22.7 Å². The van der Waals surface area contributed by atoms with Crippen molar-refractivity contribution >= 4 is 28.4 Å². The van der Waals surface area contributed by atoms with E-state index in [9.17, 15) is 4.79 Å². The van der Waals surface area contributed by atoms with Crippen LogP contribution >= 0.6 is 0 Å². The highest BCUT2D eigenvalue weighted by Crippen LogP contribution is 2.22. The average molecular weight is 523 g/mol. The predicted octanol–water partition coefficient (Wildman–Crippen LogP) is 3.15. The molecule has 1 saturated heterocycles. The van der Waals surface area contributed by atoms with Gasteiger partial charge in [-0.15, -0.1) is 6.58 Å². The number of rotatable bonds is 7. The van der Waals surface area contributed by atoms with E-state index in [0.29, 0.717) is 35.2 Å². The molecule has 0 aliphatic carbocycles. The minimum atomic E-state index is -0.213. The molecule has 1 N–H and O–H groups in total. The molecule has 4 aromatic heterocycles. The van der Waals surface area contributed by atoms with Gasteiger partial charge in [0.25, 0.3) is 5.56 Å². The van der Waals surface area contributed by atoms with Crippen molar-refractivity contribution in [2.45, 2.75) is 13.5 Å². The first-order valence-electron chi connectivity index (χ1n) is 12.9. The predicted molar refractivity (Wildman–Crippen MR) is 152 cm³/mol. The summed E-state index contributed by atoms with van der Waals surface area (Å²) < 4.78 is 4.97. The molecule has 1 aromatic carbocycles. The van der Waals surface area contributed by atoms with Gasteiger partial charge in [0.05, 0.1) is 12.2 Å². The van der Waals surface area contributed by atoms with E-state index in [1.54, 1.807) is 26.3 Å². The zero-order chi connectivity index (χ0) is 26.9. The summed E-state index contributed by atoms with van der Waals surface area (Å²) in [7, 11) is 2.15. The molecular weight excluding hydrogens is 492 g/mol. The van der Waals surface area contributed by atoms with Crippen molar-refractivity contribution in [2.75, 3.05) is 43.4 Å². The first-order chi connectivity index (χ1) is 19.0.